The molecule has 0 aromatic heterocycles. The highest BCUT2D eigenvalue weighted by atomic mass is 16.6. The van der Waals surface area contributed by atoms with Gasteiger partial charge in [0, 0.05) is 18.3 Å². The fourth-order valence-electron chi connectivity index (χ4n) is 1.72. The summed E-state index contributed by atoms with van der Waals surface area (Å²) in [7, 11) is 1.64. The Kier molecular flexibility index (Phi) is 6.34. The molecule has 0 radical (unpaired) electrons. The smallest absolute Gasteiger partial charge is 0.407 e. The second-order valence-electron chi connectivity index (χ2n) is 5.86. The SMILES string of the molecule is CC[C@@H](CNc1ccc(OC)cc1)NC(=O)OC(C)(C)C. The van der Waals surface area contributed by atoms with Gasteiger partial charge in [0.05, 0.1) is 7.11 Å². The molecule has 1 atom stereocenters. The number of methoxy groups -OCH3 is 1. The van der Waals surface area contributed by atoms with Gasteiger partial charge in [0.15, 0.2) is 0 Å². The van der Waals surface area contributed by atoms with Crippen LogP contribution in [0, 0.1) is 0 Å². The van der Waals surface area contributed by atoms with Gasteiger partial charge in [-0.1, -0.05) is 6.92 Å². The van der Waals surface area contributed by atoms with Crippen LogP contribution in [-0.2, 0) is 4.74 Å². The van der Waals surface area contributed by atoms with Gasteiger partial charge in [-0.2, -0.15) is 0 Å². The fourth-order valence-corrected chi connectivity index (χ4v) is 1.72. The number of carbonyl (C=O) groups excluding carboxylic acids is 1. The number of nitrogens with one attached hydrogen (secondary N) is 2. The van der Waals surface area contributed by atoms with Crippen molar-refractivity contribution in [1.82, 2.24) is 5.32 Å². The Labute approximate surface area is 127 Å². The van der Waals surface area contributed by atoms with Crippen LogP contribution in [0.25, 0.3) is 0 Å². The normalized spacial score (nSPS) is 12.4. The van der Waals surface area contributed by atoms with Gasteiger partial charge in [-0.25, -0.2) is 4.79 Å². The van der Waals surface area contributed by atoms with Gasteiger partial charge in [-0.3, -0.25) is 0 Å². The zero-order valence-electron chi connectivity index (χ0n) is 13.5. The van der Waals surface area contributed by atoms with E-state index in [2.05, 4.69) is 10.6 Å². The van der Waals surface area contributed by atoms with Crippen molar-refractivity contribution in [2.45, 2.75) is 45.8 Å². The summed E-state index contributed by atoms with van der Waals surface area (Å²) < 4.78 is 10.4. The van der Waals surface area contributed by atoms with Crippen molar-refractivity contribution in [3.05, 3.63) is 24.3 Å². The highest BCUT2D eigenvalue weighted by molar-refractivity contribution is 5.68. The summed E-state index contributed by atoms with van der Waals surface area (Å²) in [6, 6.07) is 7.69. The number of hydrogen-bond acceptors (Lipinski definition) is 4. The van der Waals surface area contributed by atoms with Gasteiger partial charge in [0.25, 0.3) is 0 Å². The minimum atomic E-state index is -0.480. The molecule has 1 aromatic carbocycles. The van der Waals surface area contributed by atoms with E-state index < -0.39 is 5.60 Å². The molecule has 0 saturated carbocycles. The van der Waals surface area contributed by atoms with Crippen LogP contribution in [0.15, 0.2) is 24.3 Å². The molecule has 5 nitrogen and oxygen atoms in total. The number of ether oxygens (including phenoxy) is 2. The fraction of sp³-hybridized carbons (Fsp3) is 0.562. The van der Waals surface area contributed by atoms with E-state index in [1.165, 1.54) is 0 Å². The molecule has 21 heavy (non-hydrogen) atoms. The Morgan fingerprint density at radius 1 is 1.24 bits per heavy atom. The van der Waals surface area contributed by atoms with E-state index in [-0.39, 0.29) is 12.1 Å². The molecule has 1 rings (SSSR count). The Morgan fingerprint density at radius 3 is 2.33 bits per heavy atom. The van der Waals surface area contributed by atoms with E-state index >= 15 is 0 Å². The zero-order chi connectivity index (χ0) is 15.9. The highest BCUT2D eigenvalue weighted by Gasteiger charge is 2.18. The average molecular weight is 294 g/mol. The van der Waals surface area contributed by atoms with E-state index in [0.29, 0.717) is 6.54 Å². The first-order chi connectivity index (χ1) is 9.84. The molecule has 5 heteroatoms. The summed E-state index contributed by atoms with van der Waals surface area (Å²) in [6.07, 6.45) is 0.438. The number of rotatable bonds is 6. The van der Waals surface area contributed by atoms with Gasteiger partial charge < -0.3 is 20.1 Å². The third-order valence-corrected chi connectivity index (χ3v) is 2.86. The monoisotopic (exact) mass is 294 g/mol. The second-order valence-corrected chi connectivity index (χ2v) is 5.86. The summed E-state index contributed by atoms with van der Waals surface area (Å²) >= 11 is 0. The summed E-state index contributed by atoms with van der Waals surface area (Å²) in [6.45, 7) is 8.22. The van der Waals surface area contributed by atoms with Crippen molar-refractivity contribution < 1.29 is 14.3 Å². The lowest BCUT2D eigenvalue weighted by Crippen LogP contribution is -2.42. The Hall–Kier alpha value is -1.91. The third-order valence-electron chi connectivity index (χ3n) is 2.86. The number of hydrogen-bond donors (Lipinski definition) is 2. The molecule has 2 N–H and O–H groups in total. The van der Waals surface area contributed by atoms with Crippen LogP contribution in [0.2, 0.25) is 0 Å². The van der Waals surface area contributed by atoms with Crippen molar-refractivity contribution >= 4 is 11.8 Å². The zero-order valence-corrected chi connectivity index (χ0v) is 13.5. The van der Waals surface area contributed by atoms with Crippen molar-refractivity contribution in [3.8, 4) is 5.75 Å². The largest absolute Gasteiger partial charge is 0.497 e. The molecule has 0 heterocycles. The van der Waals surface area contributed by atoms with Crippen LogP contribution in [0.5, 0.6) is 5.75 Å². The predicted octanol–water partition coefficient (Wildman–Crippen LogP) is 3.41. The summed E-state index contributed by atoms with van der Waals surface area (Å²) in [5.41, 5.74) is 0.506. The van der Waals surface area contributed by atoms with Crippen molar-refractivity contribution in [2.24, 2.45) is 0 Å². The Morgan fingerprint density at radius 2 is 1.86 bits per heavy atom. The quantitative estimate of drug-likeness (QED) is 0.844. The van der Waals surface area contributed by atoms with Crippen molar-refractivity contribution in [3.63, 3.8) is 0 Å². The first-order valence-electron chi connectivity index (χ1n) is 7.21. The standard InChI is InChI=1S/C16H26N2O3/c1-6-12(18-15(19)21-16(2,3)4)11-17-13-7-9-14(20-5)10-8-13/h7-10,12,17H,6,11H2,1-5H3,(H,18,19)/t12-/m0/s1. The van der Waals surface area contributed by atoms with E-state index in [1.807, 2.05) is 52.0 Å². The number of carbonyl (C=O) groups is 1. The van der Waals surface area contributed by atoms with Crippen LogP contribution in [0.3, 0.4) is 0 Å². The average Bonchev–Trinajstić information content (AvgIpc) is 2.42. The van der Waals surface area contributed by atoms with Crippen molar-refractivity contribution in [2.75, 3.05) is 19.0 Å². The number of anilines is 1. The number of benzene rings is 1. The summed E-state index contributed by atoms with van der Waals surface area (Å²) in [5, 5.41) is 6.16. The molecule has 0 unspecified atom stereocenters. The van der Waals surface area contributed by atoms with Gasteiger partial charge >= 0.3 is 6.09 Å². The van der Waals surface area contributed by atoms with Crippen molar-refractivity contribution in [1.29, 1.82) is 0 Å². The minimum Gasteiger partial charge on any atom is -0.497 e. The predicted molar refractivity (Wildman–Crippen MR) is 84.9 cm³/mol. The van der Waals surface area contributed by atoms with Crippen LogP contribution in [-0.4, -0.2) is 31.4 Å². The Balaban J connectivity index is 2.44. The maximum absolute atomic E-state index is 11.7. The number of amides is 1. The second kappa shape index (κ2) is 7.76. The van der Waals surface area contributed by atoms with Crippen LogP contribution in [0.1, 0.15) is 34.1 Å². The molecule has 1 amide bonds. The van der Waals surface area contributed by atoms with Crippen LogP contribution >= 0.6 is 0 Å². The lowest BCUT2D eigenvalue weighted by Gasteiger charge is -2.23. The topological polar surface area (TPSA) is 59.6 Å². The van der Waals surface area contributed by atoms with E-state index in [1.54, 1.807) is 7.11 Å². The molecule has 118 valence electrons. The van der Waals surface area contributed by atoms with Crippen LogP contribution < -0.4 is 15.4 Å². The Bertz CT molecular complexity index is 438. The first kappa shape index (κ1) is 17.1. The third kappa shape index (κ3) is 6.88. The van der Waals surface area contributed by atoms with Gasteiger partial charge in [0.2, 0.25) is 0 Å². The molecule has 0 spiro atoms. The molecule has 0 bridgehead atoms. The van der Waals surface area contributed by atoms with Gasteiger partial charge in [-0.05, 0) is 51.5 Å². The molecular weight excluding hydrogens is 268 g/mol. The van der Waals surface area contributed by atoms with Gasteiger partial charge in [0.1, 0.15) is 11.4 Å². The molecule has 1 aromatic rings. The van der Waals surface area contributed by atoms with Gasteiger partial charge in [-0.15, -0.1) is 0 Å². The lowest BCUT2D eigenvalue weighted by atomic mass is 10.2. The maximum Gasteiger partial charge on any atom is 0.407 e. The highest BCUT2D eigenvalue weighted by Crippen LogP contribution is 2.15. The summed E-state index contributed by atoms with van der Waals surface area (Å²) in [5.74, 6) is 0.819. The molecule has 0 aliphatic rings. The molecular formula is C16H26N2O3. The lowest BCUT2D eigenvalue weighted by molar-refractivity contribution is 0.0506. The van der Waals surface area contributed by atoms with Crippen LogP contribution in [0.4, 0.5) is 10.5 Å². The maximum atomic E-state index is 11.7. The molecule has 0 saturated heterocycles. The first-order valence-corrected chi connectivity index (χ1v) is 7.21. The summed E-state index contributed by atoms with van der Waals surface area (Å²) in [4.78, 5) is 11.7. The minimum absolute atomic E-state index is 0.0157. The van der Waals surface area contributed by atoms with E-state index in [4.69, 9.17) is 9.47 Å². The molecule has 0 aliphatic carbocycles. The molecule has 0 aliphatic heterocycles. The van der Waals surface area contributed by atoms with E-state index in [0.717, 1.165) is 17.9 Å². The number of alkyl carbamates (subject to hydrolysis) is 1. The van der Waals surface area contributed by atoms with E-state index in [9.17, 15) is 4.79 Å². The molecule has 0 fully saturated rings.